The first-order chi connectivity index (χ1) is 9.02. The van der Waals surface area contributed by atoms with Crippen molar-refractivity contribution in [2.24, 2.45) is 0 Å². The van der Waals surface area contributed by atoms with Crippen LogP contribution in [0, 0.1) is 0 Å². The summed E-state index contributed by atoms with van der Waals surface area (Å²) in [6.45, 7) is 0. The SMILES string of the molecule is COc1ccc(Cl)cc1C(O)c1ccc(Br)cc1Cl. The third kappa shape index (κ3) is 3.23. The Balaban J connectivity index is 2.49. The highest BCUT2D eigenvalue weighted by atomic mass is 79.9. The second-order valence-corrected chi connectivity index (χ2v) is 5.71. The van der Waals surface area contributed by atoms with Crippen LogP contribution in [0.4, 0.5) is 0 Å². The van der Waals surface area contributed by atoms with Gasteiger partial charge in [0.2, 0.25) is 0 Å². The molecule has 2 aromatic rings. The lowest BCUT2D eigenvalue weighted by Gasteiger charge is -2.16. The Hall–Kier alpha value is -0.740. The molecule has 0 radical (unpaired) electrons. The summed E-state index contributed by atoms with van der Waals surface area (Å²) < 4.78 is 6.09. The largest absolute Gasteiger partial charge is 0.496 e. The van der Waals surface area contributed by atoms with Crippen molar-refractivity contribution in [3.63, 3.8) is 0 Å². The van der Waals surface area contributed by atoms with E-state index in [1.54, 1.807) is 37.4 Å². The van der Waals surface area contributed by atoms with Gasteiger partial charge in [-0.05, 0) is 30.3 Å². The smallest absolute Gasteiger partial charge is 0.125 e. The molecule has 5 heteroatoms. The molecule has 0 aliphatic carbocycles. The molecule has 0 amide bonds. The molecule has 0 aliphatic rings. The van der Waals surface area contributed by atoms with Crippen LogP contribution < -0.4 is 4.74 Å². The Kier molecular flexibility index (Phi) is 4.74. The fraction of sp³-hybridized carbons (Fsp3) is 0.143. The Morgan fingerprint density at radius 1 is 1.11 bits per heavy atom. The van der Waals surface area contributed by atoms with Gasteiger partial charge >= 0.3 is 0 Å². The average molecular weight is 362 g/mol. The number of halogens is 3. The molecule has 2 rings (SSSR count). The number of benzene rings is 2. The minimum absolute atomic E-state index is 0.476. The zero-order chi connectivity index (χ0) is 14.0. The Morgan fingerprint density at radius 2 is 1.84 bits per heavy atom. The molecule has 1 unspecified atom stereocenters. The molecule has 0 saturated carbocycles. The first-order valence-corrected chi connectivity index (χ1v) is 7.04. The second kappa shape index (κ2) is 6.14. The van der Waals surface area contributed by atoms with Gasteiger partial charge in [-0.3, -0.25) is 0 Å². The second-order valence-electron chi connectivity index (χ2n) is 3.95. The predicted molar refractivity (Wildman–Crippen MR) is 81.2 cm³/mol. The number of hydrogen-bond acceptors (Lipinski definition) is 2. The lowest BCUT2D eigenvalue weighted by molar-refractivity contribution is 0.215. The van der Waals surface area contributed by atoms with Gasteiger partial charge in [0.25, 0.3) is 0 Å². The lowest BCUT2D eigenvalue weighted by atomic mass is 10.0. The molecular weight excluding hydrogens is 351 g/mol. The predicted octanol–water partition coefficient (Wildman–Crippen LogP) is 4.85. The maximum absolute atomic E-state index is 10.5. The van der Waals surface area contributed by atoms with Gasteiger partial charge < -0.3 is 9.84 Å². The molecule has 0 heterocycles. The van der Waals surface area contributed by atoms with Crippen molar-refractivity contribution in [2.75, 3.05) is 7.11 Å². The lowest BCUT2D eigenvalue weighted by Crippen LogP contribution is -2.03. The summed E-state index contributed by atoms with van der Waals surface area (Å²) in [5.41, 5.74) is 1.18. The first-order valence-electron chi connectivity index (χ1n) is 5.49. The van der Waals surface area contributed by atoms with E-state index in [1.807, 2.05) is 6.07 Å². The maximum atomic E-state index is 10.5. The van der Waals surface area contributed by atoms with Crippen LogP contribution in [0.2, 0.25) is 10.0 Å². The van der Waals surface area contributed by atoms with Gasteiger partial charge in [0.05, 0.1) is 7.11 Å². The highest BCUT2D eigenvalue weighted by molar-refractivity contribution is 9.10. The summed E-state index contributed by atoms with van der Waals surface area (Å²) in [6.07, 6.45) is -0.894. The zero-order valence-electron chi connectivity index (χ0n) is 10.0. The van der Waals surface area contributed by atoms with E-state index in [9.17, 15) is 5.11 Å². The van der Waals surface area contributed by atoms with Crippen molar-refractivity contribution in [3.8, 4) is 5.75 Å². The van der Waals surface area contributed by atoms with E-state index in [2.05, 4.69) is 15.9 Å². The number of ether oxygens (including phenoxy) is 1. The van der Waals surface area contributed by atoms with Gasteiger partial charge in [0.15, 0.2) is 0 Å². The van der Waals surface area contributed by atoms with Gasteiger partial charge in [0, 0.05) is 25.6 Å². The fourth-order valence-corrected chi connectivity index (χ4v) is 2.77. The molecular formula is C14H11BrCl2O2. The molecule has 1 atom stereocenters. The van der Waals surface area contributed by atoms with Crippen LogP contribution in [0.15, 0.2) is 40.9 Å². The quantitative estimate of drug-likeness (QED) is 0.846. The van der Waals surface area contributed by atoms with Crippen molar-refractivity contribution < 1.29 is 9.84 Å². The molecule has 19 heavy (non-hydrogen) atoms. The van der Waals surface area contributed by atoms with Crippen LogP contribution in [0.25, 0.3) is 0 Å². The average Bonchev–Trinajstić information content (AvgIpc) is 2.38. The molecule has 0 bridgehead atoms. The highest BCUT2D eigenvalue weighted by Gasteiger charge is 2.18. The highest BCUT2D eigenvalue weighted by Crippen LogP contribution is 2.35. The van der Waals surface area contributed by atoms with E-state index < -0.39 is 6.10 Å². The van der Waals surface area contributed by atoms with Crippen molar-refractivity contribution >= 4 is 39.1 Å². The Morgan fingerprint density at radius 3 is 2.47 bits per heavy atom. The fourth-order valence-electron chi connectivity index (χ4n) is 1.81. The summed E-state index contributed by atoms with van der Waals surface area (Å²) in [5, 5.41) is 11.5. The van der Waals surface area contributed by atoms with E-state index in [0.29, 0.717) is 26.9 Å². The minimum atomic E-state index is -0.894. The Bertz CT molecular complexity index is 602. The van der Waals surface area contributed by atoms with Crippen molar-refractivity contribution in [2.45, 2.75) is 6.10 Å². The Labute approximate surface area is 130 Å². The van der Waals surface area contributed by atoms with E-state index in [1.165, 1.54) is 0 Å². The topological polar surface area (TPSA) is 29.5 Å². The number of methoxy groups -OCH3 is 1. The van der Waals surface area contributed by atoms with E-state index in [0.717, 1.165) is 4.47 Å². The summed E-state index contributed by atoms with van der Waals surface area (Å²) in [4.78, 5) is 0. The number of aliphatic hydroxyl groups is 1. The molecule has 2 aromatic carbocycles. The third-order valence-electron chi connectivity index (χ3n) is 2.74. The van der Waals surface area contributed by atoms with Gasteiger partial charge in [-0.1, -0.05) is 45.2 Å². The molecule has 0 aromatic heterocycles. The van der Waals surface area contributed by atoms with Crippen LogP contribution in [0.1, 0.15) is 17.2 Å². The number of hydrogen-bond donors (Lipinski definition) is 1. The molecule has 0 fully saturated rings. The number of rotatable bonds is 3. The molecule has 2 nitrogen and oxygen atoms in total. The third-order valence-corrected chi connectivity index (χ3v) is 3.80. The normalized spacial score (nSPS) is 12.3. The van der Waals surface area contributed by atoms with E-state index in [-0.39, 0.29) is 0 Å². The van der Waals surface area contributed by atoms with Crippen LogP contribution in [-0.4, -0.2) is 12.2 Å². The van der Waals surface area contributed by atoms with Gasteiger partial charge in [-0.15, -0.1) is 0 Å². The number of aliphatic hydroxyl groups excluding tert-OH is 1. The molecule has 100 valence electrons. The maximum Gasteiger partial charge on any atom is 0.125 e. The zero-order valence-corrected chi connectivity index (χ0v) is 13.1. The van der Waals surface area contributed by atoms with Gasteiger partial charge in [0.1, 0.15) is 11.9 Å². The van der Waals surface area contributed by atoms with Crippen molar-refractivity contribution in [1.29, 1.82) is 0 Å². The van der Waals surface area contributed by atoms with Gasteiger partial charge in [-0.25, -0.2) is 0 Å². The van der Waals surface area contributed by atoms with Crippen LogP contribution in [-0.2, 0) is 0 Å². The summed E-state index contributed by atoms with van der Waals surface area (Å²) in [6, 6.07) is 10.4. The van der Waals surface area contributed by atoms with Crippen molar-refractivity contribution in [1.82, 2.24) is 0 Å². The molecule has 0 aliphatic heterocycles. The summed E-state index contributed by atoms with van der Waals surface area (Å²) in [7, 11) is 1.54. The first kappa shape index (κ1) is 14.7. The summed E-state index contributed by atoms with van der Waals surface area (Å²) >= 11 is 15.4. The monoisotopic (exact) mass is 360 g/mol. The minimum Gasteiger partial charge on any atom is -0.496 e. The molecule has 1 N–H and O–H groups in total. The van der Waals surface area contributed by atoms with Crippen LogP contribution >= 0.6 is 39.1 Å². The molecule has 0 spiro atoms. The van der Waals surface area contributed by atoms with Crippen molar-refractivity contribution in [3.05, 3.63) is 62.0 Å². The van der Waals surface area contributed by atoms with Crippen LogP contribution in [0.5, 0.6) is 5.75 Å². The van der Waals surface area contributed by atoms with E-state index in [4.69, 9.17) is 27.9 Å². The van der Waals surface area contributed by atoms with Crippen LogP contribution in [0.3, 0.4) is 0 Å². The molecule has 0 saturated heterocycles. The standard InChI is InChI=1S/C14H11BrCl2O2/c1-19-13-5-3-9(16)7-11(13)14(18)10-4-2-8(15)6-12(10)17/h2-7,14,18H,1H3. The van der Waals surface area contributed by atoms with E-state index >= 15 is 0 Å². The van der Waals surface area contributed by atoms with Gasteiger partial charge in [-0.2, -0.15) is 0 Å². The summed E-state index contributed by atoms with van der Waals surface area (Å²) in [5.74, 6) is 0.566.